The Morgan fingerprint density at radius 2 is 1.24 bits per heavy atom. The van der Waals surface area contributed by atoms with Crippen LogP contribution in [0.1, 0.15) is 11.1 Å². The monoisotopic (exact) mass is 610 g/mol. The Kier molecular flexibility index (Phi) is 8.56. The lowest BCUT2D eigenvalue weighted by Gasteiger charge is -2.07. The van der Waals surface area contributed by atoms with Crippen LogP contribution in [0.25, 0.3) is 0 Å². The Bertz CT molecular complexity index is 521. The lowest BCUT2D eigenvalue weighted by Crippen LogP contribution is -1.88. The van der Waals surface area contributed by atoms with Crippen LogP contribution in [0.2, 0.25) is 0 Å². The third kappa shape index (κ3) is 5.37. The van der Waals surface area contributed by atoms with E-state index >= 15 is 0 Å². The highest BCUT2D eigenvalue weighted by Crippen LogP contribution is 2.39. The van der Waals surface area contributed by atoms with Gasteiger partial charge in [-0.05, 0) is 93.9 Å². The molecule has 0 aromatic heterocycles. The first kappa shape index (κ1) is 19.7. The summed E-state index contributed by atoms with van der Waals surface area (Å²) in [5, 5.41) is 0. The summed E-state index contributed by atoms with van der Waals surface area (Å²) in [4.78, 5) is 0. The van der Waals surface area contributed by atoms with Crippen LogP contribution < -0.4 is 0 Å². The van der Waals surface area contributed by atoms with Gasteiger partial charge in [0.05, 0.1) is 8.95 Å². The molecule has 2 aromatic carbocycles. The van der Waals surface area contributed by atoms with Crippen LogP contribution >= 0.6 is 79.6 Å². The second-order valence-corrected chi connectivity index (χ2v) is 8.04. The van der Waals surface area contributed by atoms with E-state index in [1.807, 2.05) is 19.1 Å². The number of benzene rings is 2. The van der Waals surface area contributed by atoms with Crippen molar-refractivity contribution in [2.45, 2.75) is 13.6 Å². The zero-order chi connectivity index (χ0) is 16.2. The molecule has 0 aliphatic carbocycles. The van der Waals surface area contributed by atoms with E-state index in [0.29, 0.717) is 8.95 Å². The number of rotatable bonds is 1. The Morgan fingerprint density at radius 1 is 0.810 bits per heavy atom. The van der Waals surface area contributed by atoms with E-state index in [0.717, 1.165) is 24.5 Å². The predicted molar refractivity (Wildman–Crippen MR) is 101 cm³/mol. The van der Waals surface area contributed by atoms with Crippen molar-refractivity contribution < 1.29 is 8.78 Å². The van der Waals surface area contributed by atoms with Gasteiger partial charge < -0.3 is 0 Å². The standard InChI is InChI=1S/C7H3Br4F.C7H6BrF/c1-2-3(8)5(10)7(12)6(11)4(2)9;8-7-3-1-6(5-9)2-4-7/h1H3;1-4H,5H2. The number of alkyl halides is 1. The molecule has 0 aliphatic heterocycles. The van der Waals surface area contributed by atoms with E-state index < -0.39 is 0 Å². The summed E-state index contributed by atoms with van der Waals surface area (Å²) >= 11 is 16.1. The van der Waals surface area contributed by atoms with Crippen LogP contribution in [0, 0.1) is 12.7 Å². The van der Waals surface area contributed by atoms with Gasteiger partial charge in [0.25, 0.3) is 0 Å². The highest BCUT2D eigenvalue weighted by atomic mass is 79.9. The molecule has 0 aliphatic rings. The summed E-state index contributed by atoms with van der Waals surface area (Å²) in [5.74, 6) is -0.306. The van der Waals surface area contributed by atoms with E-state index in [1.54, 1.807) is 12.1 Å². The van der Waals surface area contributed by atoms with Gasteiger partial charge in [-0.15, -0.1) is 0 Å². The maximum atomic E-state index is 13.3. The van der Waals surface area contributed by atoms with Crippen LogP contribution in [-0.4, -0.2) is 0 Å². The van der Waals surface area contributed by atoms with Crippen LogP contribution in [0.5, 0.6) is 0 Å². The van der Waals surface area contributed by atoms with Gasteiger partial charge in [-0.3, -0.25) is 0 Å². The van der Waals surface area contributed by atoms with Crippen LogP contribution in [0.4, 0.5) is 8.78 Å². The maximum absolute atomic E-state index is 13.3. The normalized spacial score (nSPS) is 10.1. The third-order valence-electron chi connectivity index (χ3n) is 2.50. The summed E-state index contributed by atoms with van der Waals surface area (Å²) in [6.07, 6.45) is 0. The Hall–Kier alpha value is 0.700. The van der Waals surface area contributed by atoms with Crippen molar-refractivity contribution in [1.82, 2.24) is 0 Å². The van der Waals surface area contributed by atoms with Gasteiger partial charge in [0, 0.05) is 13.4 Å². The van der Waals surface area contributed by atoms with E-state index in [9.17, 15) is 8.78 Å². The second-order valence-electron chi connectivity index (χ2n) is 3.96. The molecular weight excluding hydrogens is 606 g/mol. The minimum absolute atomic E-state index is 0.306. The molecule has 2 aromatic rings. The predicted octanol–water partition coefficient (Wildman–Crippen LogP) is 8.10. The Morgan fingerprint density at radius 3 is 1.62 bits per heavy atom. The fourth-order valence-electron chi connectivity index (χ4n) is 1.29. The van der Waals surface area contributed by atoms with Gasteiger partial charge in [-0.25, -0.2) is 8.78 Å². The second kappa shape index (κ2) is 9.11. The van der Waals surface area contributed by atoms with Crippen LogP contribution in [-0.2, 0) is 6.67 Å². The van der Waals surface area contributed by atoms with E-state index in [-0.39, 0.29) is 12.5 Å². The summed E-state index contributed by atoms with van der Waals surface area (Å²) < 4.78 is 28.4. The highest BCUT2D eigenvalue weighted by molar-refractivity contribution is 9.14. The zero-order valence-electron chi connectivity index (χ0n) is 10.7. The van der Waals surface area contributed by atoms with Crippen LogP contribution in [0.15, 0.2) is 46.6 Å². The zero-order valence-corrected chi connectivity index (χ0v) is 18.6. The quantitative estimate of drug-likeness (QED) is 0.225. The van der Waals surface area contributed by atoms with Gasteiger partial charge in [-0.1, -0.05) is 28.1 Å². The summed E-state index contributed by atoms with van der Waals surface area (Å²) in [6, 6.07) is 7.16. The van der Waals surface area contributed by atoms with Crippen molar-refractivity contribution in [3.05, 3.63) is 63.6 Å². The largest absolute Gasteiger partial charge is 0.246 e. The molecule has 0 nitrogen and oxygen atoms in total. The smallest absolute Gasteiger partial charge is 0.153 e. The fraction of sp³-hybridized carbons (Fsp3) is 0.143. The van der Waals surface area contributed by atoms with Crippen molar-refractivity contribution in [3.63, 3.8) is 0 Å². The Labute approximate surface area is 164 Å². The van der Waals surface area contributed by atoms with Gasteiger partial charge in [0.2, 0.25) is 0 Å². The molecule has 21 heavy (non-hydrogen) atoms. The molecule has 114 valence electrons. The molecule has 0 unspecified atom stereocenters. The fourth-order valence-corrected chi connectivity index (χ4v) is 3.82. The Balaban J connectivity index is 0.000000219. The van der Waals surface area contributed by atoms with Crippen molar-refractivity contribution in [3.8, 4) is 0 Å². The molecule has 0 fully saturated rings. The van der Waals surface area contributed by atoms with Gasteiger partial charge >= 0.3 is 0 Å². The van der Waals surface area contributed by atoms with E-state index in [2.05, 4.69) is 79.6 Å². The molecule has 0 saturated carbocycles. The first-order valence-corrected chi connectivity index (χ1v) is 9.54. The average molecular weight is 615 g/mol. The van der Waals surface area contributed by atoms with Crippen LogP contribution in [0.3, 0.4) is 0 Å². The molecule has 0 bridgehead atoms. The van der Waals surface area contributed by atoms with Gasteiger partial charge in [0.1, 0.15) is 6.67 Å². The molecule has 0 amide bonds. The molecule has 0 radical (unpaired) electrons. The minimum Gasteiger partial charge on any atom is -0.246 e. The molecule has 2 rings (SSSR count). The van der Waals surface area contributed by atoms with Gasteiger partial charge in [-0.2, -0.15) is 0 Å². The molecule has 0 N–H and O–H groups in total. The van der Waals surface area contributed by atoms with Crippen molar-refractivity contribution in [1.29, 1.82) is 0 Å². The minimum atomic E-state index is -0.382. The molecule has 7 heteroatoms. The summed E-state index contributed by atoms with van der Waals surface area (Å²) in [5.41, 5.74) is 1.67. The van der Waals surface area contributed by atoms with E-state index in [4.69, 9.17) is 0 Å². The molecule has 0 atom stereocenters. The van der Waals surface area contributed by atoms with Gasteiger partial charge in [0.15, 0.2) is 5.82 Å². The number of hydrogen-bond acceptors (Lipinski definition) is 0. The first-order valence-electron chi connectivity index (χ1n) is 5.58. The first-order chi connectivity index (χ1) is 9.79. The number of halogens is 7. The third-order valence-corrected chi connectivity index (χ3v) is 7.56. The van der Waals surface area contributed by atoms with Crippen molar-refractivity contribution in [2.75, 3.05) is 0 Å². The van der Waals surface area contributed by atoms with Crippen molar-refractivity contribution >= 4 is 79.6 Å². The summed E-state index contributed by atoms with van der Waals surface area (Å²) in [7, 11) is 0. The van der Waals surface area contributed by atoms with E-state index in [1.165, 1.54) is 0 Å². The molecule has 0 heterocycles. The number of hydrogen-bond donors (Lipinski definition) is 0. The lowest BCUT2D eigenvalue weighted by molar-refractivity contribution is 0.485. The highest BCUT2D eigenvalue weighted by Gasteiger charge is 2.15. The summed E-state index contributed by atoms with van der Waals surface area (Å²) in [6.45, 7) is 1.51. The molecule has 0 spiro atoms. The average Bonchev–Trinajstić information content (AvgIpc) is 2.50. The maximum Gasteiger partial charge on any atom is 0.153 e. The SMILES string of the molecule is Cc1c(Br)c(Br)c(F)c(Br)c1Br.FCc1ccc(Br)cc1. The lowest BCUT2D eigenvalue weighted by atomic mass is 10.2. The molecular formula is C14H9Br5F2. The van der Waals surface area contributed by atoms with Crippen molar-refractivity contribution in [2.24, 2.45) is 0 Å². The topological polar surface area (TPSA) is 0 Å². The molecule has 0 saturated heterocycles.